The Balaban J connectivity index is 1.92. The van der Waals surface area contributed by atoms with Gasteiger partial charge in [0, 0.05) is 44.1 Å². The predicted molar refractivity (Wildman–Crippen MR) is 70.9 cm³/mol. The van der Waals surface area contributed by atoms with Crippen LogP contribution in [-0.2, 0) is 6.54 Å². The summed E-state index contributed by atoms with van der Waals surface area (Å²) in [7, 11) is 0. The molecule has 0 aromatic carbocycles. The average molecular weight is 233 g/mol. The van der Waals surface area contributed by atoms with Gasteiger partial charge >= 0.3 is 0 Å². The molecule has 1 aromatic heterocycles. The molecule has 0 aliphatic carbocycles. The first-order valence-corrected chi connectivity index (χ1v) is 6.52. The minimum atomic E-state index is 0.627. The molecule has 1 N–H and O–H groups in total. The highest BCUT2D eigenvalue weighted by Gasteiger charge is 2.21. The van der Waals surface area contributed by atoms with E-state index in [0.29, 0.717) is 12.0 Å². The number of nitrogens with one attached hydrogen (secondary N) is 1. The van der Waals surface area contributed by atoms with E-state index in [9.17, 15) is 0 Å². The number of rotatable bonds is 3. The van der Waals surface area contributed by atoms with E-state index >= 15 is 0 Å². The fourth-order valence-corrected chi connectivity index (χ4v) is 2.28. The van der Waals surface area contributed by atoms with Crippen molar-refractivity contribution in [2.45, 2.75) is 33.4 Å². The lowest BCUT2D eigenvalue weighted by Gasteiger charge is -2.35. The van der Waals surface area contributed by atoms with E-state index in [0.717, 1.165) is 31.9 Å². The van der Waals surface area contributed by atoms with Crippen LogP contribution in [0.2, 0.25) is 0 Å². The second-order valence-electron chi connectivity index (χ2n) is 5.35. The highest BCUT2D eigenvalue weighted by molar-refractivity contribution is 5.13. The Bertz CT molecular complexity index is 345. The van der Waals surface area contributed by atoms with Crippen molar-refractivity contribution in [3.63, 3.8) is 0 Å². The van der Waals surface area contributed by atoms with Gasteiger partial charge < -0.3 is 5.32 Å². The Hall–Kier alpha value is -0.930. The van der Waals surface area contributed by atoms with Crippen molar-refractivity contribution in [2.75, 3.05) is 19.6 Å². The van der Waals surface area contributed by atoms with E-state index in [-0.39, 0.29) is 0 Å². The van der Waals surface area contributed by atoms with E-state index in [2.05, 4.69) is 41.2 Å². The Labute approximate surface area is 104 Å². The maximum atomic E-state index is 4.36. The molecule has 1 atom stereocenters. The summed E-state index contributed by atoms with van der Waals surface area (Å²) in [6, 6.07) is 4.91. The molecular formula is C14H23N3. The molecule has 17 heavy (non-hydrogen) atoms. The van der Waals surface area contributed by atoms with Gasteiger partial charge in [0.05, 0.1) is 0 Å². The first-order valence-electron chi connectivity index (χ1n) is 6.52. The van der Waals surface area contributed by atoms with Gasteiger partial charge in [0.2, 0.25) is 0 Å². The van der Waals surface area contributed by atoms with Crippen LogP contribution in [0.15, 0.2) is 18.3 Å². The molecule has 1 aliphatic rings. The zero-order valence-electron chi connectivity index (χ0n) is 11.1. The highest BCUT2D eigenvalue weighted by atomic mass is 15.2. The van der Waals surface area contributed by atoms with E-state index in [1.54, 1.807) is 0 Å². The van der Waals surface area contributed by atoms with Crippen LogP contribution in [0.5, 0.6) is 0 Å². The van der Waals surface area contributed by atoms with Gasteiger partial charge in [0.15, 0.2) is 0 Å². The molecule has 2 rings (SSSR count). The molecule has 0 bridgehead atoms. The molecule has 1 saturated heterocycles. The zero-order valence-corrected chi connectivity index (χ0v) is 11.1. The predicted octanol–water partition coefficient (Wildman–Crippen LogP) is 1.82. The first-order chi connectivity index (χ1) is 8.15. The minimum Gasteiger partial charge on any atom is -0.311 e. The van der Waals surface area contributed by atoms with Crippen molar-refractivity contribution in [1.29, 1.82) is 0 Å². The van der Waals surface area contributed by atoms with Crippen LogP contribution in [0.1, 0.15) is 25.1 Å². The Morgan fingerprint density at radius 1 is 1.47 bits per heavy atom. The number of aryl methyl sites for hydroxylation is 1. The maximum absolute atomic E-state index is 4.36. The lowest BCUT2D eigenvalue weighted by atomic mass is 10.0. The number of hydrogen-bond acceptors (Lipinski definition) is 3. The molecule has 2 heterocycles. The van der Waals surface area contributed by atoms with Gasteiger partial charge in [0.1, 0.15) is 0 Å². The van der Waals surface area contributed by atoms with E-state index in [4.69, 9.17) is 0 Å². The van der Waals surface area contributed by atoms with Crippen LogP contribution in [-0.4, -0.2) is 35.6 Å². The quantitative estimate of drug-likeness (QED) is 0.863. The van der Waals surface area contributed by atoms with Crippen LogP contribution in [0.4, 0.5) is 0 Å². The van der Waals surface area contributed by atoms with Crippen molar-refractivity contribution < 1.29 is 0 Å². The first kappa shape index (κ1) is 12.5. The standard InChI is InChI=1S/C14H23N3/c1-11(2)14-10-17(7-6-15-14)9-13-5-4-12(3)16-8-13/h4-5,8,11,14-15H,6-7,9-10H2,1-3H3. The summed E-state index contributed by atoms with van der Waals surface area (Å²) in [6.45, 7) is 11.0. The monoisotopic (exact) mass is 233 g/mol. The van der Waals surface area contributed by atoms with Crippen LogP contribution in [0.25, 0.3) is 0 Å². The number of pyridine rings is 1. The smallest absolute Gasteiger partial charge is 0.0372 e. The normalized spacial score (nSPS) is 22.0. The fraction of sp³-hybridized carbons (Fsp3) is 0.643. The average Bonchev–Trinajstić information content (AvgIpc) is 2.32. The zero-order chi connectivity index (χ0) is 12.3. The van der Waals surface area contributed by atoms with Crippen molar-refractivity contribution in [1.82, 2.24) is 15.2 Å². The SMILES string of the molecule is Cc1ccc(CN2CCNC(C(C)C)C2)cn1. The summed E-state index contributed by atoms with van der Waals surface area (Å²) in [6.07, 6.45) is 2.00. The largest absolute Gasteiger partial charge is 0.311 e. The van der Waals surface area contributed by atoms with Crippen LogP contribution in [0.3, 0.4) is 0 Å². The molecule has 0 amide bonds. The second-order valence-corrected chi connectivity index (χ2v) is 5.35. The third kappa shape index (κ3) is 3.51. The maximum Gasteiger partial charge on any atom is 0.0372 e. The van der Waals surface area contributed by atoms with Crippen LogP contribution >= 0.6 is 0 Å². The van der Waals surface area contributed by atoms with Crippen LogP contribution in [0, 0.1) is 12.8 Å². The topological polar surface area (TPSA) is 28.2 Å². The third-order valence-electron chi connectivity index (χ3n) is 3.47. The van der Waals surface area contributed by atoms with Gasteiger partial charge in [-0.25, -0.2) is 0 Å². The molecule has 1 fully saturated rings. The number of nitrogens with zero attached hydrogens (tertiary/aromatic N) is 2. The minimum absolute atomic E-state index is 0.627. The number of hydrogen-bond donors (Lipinski definition) is 1. The Morgan fingerprint density at radius 3 is 2.94 bits per heavy atom. The summed E-state index contributed by atoms with van der Waals surface area (Å²) in [4.78, 5) is 6.88. The number of aromatic nitrogens is 1. The van der Waals surface area contributed by atoms with Gasteiger partial charge in [-0.05, 0) is 24.5 Å². The fourth-order valence-electron chi connectivity index (χ4n) is 2.28. The summed E-state index contributed by atoms with van der Waals surface area (Å²) in [5.74, 6) is 0.703. The molecule has 3 heteroatoms. The summed E-state index contributed by atoms with van der Waals surface area (Å²) in [5.41, 5.74) is 2.41. The molecule has 3 nitrogen and oxygen atoms in total. The Kier molecular flexibility index (Phi) is 4.13. The van der Waals surface area contributed by atoms with Gasteiger partial charge in [-0.3, -0.25) is 9.88 Å². The van der Waals surface area contributed by atoms with E-state index < -0.39 is 0 Å². The van der Waals surface area contributed by atoms with Crippen molar-refractivity contribution in [3.8, 4) is 0 Å². The van der Waals surface area contributed by atoms with Gasteiger partial charge in [-0.15, -0.1) is 0 Å². The third-order valence-corrected chi connectivity index (χ3v) is 3.47. The van der Waals surface area contributed by atoms with Gasteiger partial charge in [0.25, 0.3) is 0 Å². The molecule has 0 spiro atoms. The summed E-state index contributed by atoms with van der Waals surface area (Å²) >= 11 is 0. The number of piperazine rings is 1. The van der Waals surface area contributed by atoms with E-state index in [1.165, 1.54) is 5.56 Å². The summed E-state index contributed by atoms with van der Waals surface area (Å²) < 4.78 is 0. The molecule has 0 saturated carbocycles. The molecule has 0 radical (unpaired) electrons. The lowest BCUT2D eigenvalue weighted by Crippen LogP contribution is -2.52. The van der Waals surface area contributed by atoms with Crippen molar-refractivity contribution in [2.24, 2.45) is 5.92 Å². The lowest BCUT2D eigenvalue weighted by molar-refractivity contribution is 0.168. The Morgan fingerprint density at radius 2 is 2.29 bits per heavy atom. The van der Waals surface area contributed by atoms with Crippen molar-refractivity contribution >= 4 is 0 Å². The van der Waals surface area contributed by atoms with Crippen LogP contribution < -0.4 is 5.32 Å². The molecule has 1 aromatic rings. The van der Waals surface area contributed by atoms with Gasteiger partial charge in [-0.1, -0.05) is 19.9 Å². The molecule has 1 aliphatic heterocycles. The molecule has 94 valence electrons. The van der Waals surface area contributed by atoms with Crippen molar-refractivity contribution in [3.05, 3.63) is 29.6 Å². The van der Waals surface area contributed by atoms with E-state index in [1.807, 2.05) is 13.1 Å². The molecular weight excluding hydrogens is 210 g/mol. The van der Waals surface area contributed by atoms with Gasteiger partial charge in [-0.2, -0.15) is 0 Å². The second kappa shape index (κ2) is 5.61. The highest BCUT2D eigenvalue weighted by Crippen LogP contribution is 2.11. The molecule has 1 unspecified atom stereocenters. The summed E-state index contributed by atoms with van der Waals surface area (Å²) in [5, 5.41) is 3.59.